The number of alkyl carbamates (subject to hydrolysis) is 2. The SMILES string of the molecule is C.COC(=O)N[C@H](C(=O)N1[C@@H]2CC[C@@H](C2)[C@H]1c1ncc(-c2ccc3c(c2)CCc2cc(-c4cnc([C@@H]5CCCN5C(=O)[C@@H](NC(=O)OC)C(C)OC)[nH]4)ccc2-3)[nH]1)C(C)C. The Bertz CT molecular complexity index is 2230. The Kier molecular flexibility index (Phi) is 12.4. The van der Waals surface area contributed by atoms with Crippen molar-refractivity contribution in [3.8, 4) is 33.6 Å². The van der Waals surface area contributed by atoms with Gasteiger partial charge in [0.15, 0.2) is 0 Å². The van der Waals surface area contributed by atoms with Gasteiger partial charge in [-0.1, -0.05) is 45.5 Å². The van der Waals surface area contributed by atoms with Gasteiger partial charge >= 0.3 is 12.2 Å². The molecule has 2 aromatic heterocycles. The number of hydrogen-bond acceptors (Lipinski definition) is 9. The first kappa shape index (κ1) is 42.4. The summed E-state index contributed by atoms with van der Waals surface area (Å²) in [5.74, 6) is 1.38. The molecule has 4 heterocycles. The second-order valence-electron chi connectivity index (χ2n) is 16.6. The summed E-state index contributed by atoms with van der Waals surface area (Å²) in [7, 11) is 4.08. The van der Waals surface area contributed by atoms with Crippen LogP contribution in [0.1, 0.15) is 95.2 Å². The zero-order valence-corrected chi connectivity index (χ0v) is 34.5. The van der Waals surface area contributed by atoms with Gasteiger partial charge in [-0.25, -0.2) is 19.6 Å². The number of benzene rings is 2. The van der Waals surface area contributed by atoms with Gasteiger partial charge in [-0.15, -0.1) is 0 Å². The lowest BCUT2D eigenvalue weighted by atomic mass is 9.83. The maximum Gasteiger partial charge on any atom is 0.407 e. The predicted molar refractivity (Wildman–Crippen MR) is 226 cm³/mol. The van der Waals surface area contributed by atoms with E-state index in [0.717, 1.165) is 73.3 Å². The molecule has 4 aliphatic rings. The lowest BCUT2D eigenvalue weighted by Crippen LogP contribution is -2.54. The highest BCUT2D eigenvalue weighted by molar-refractivity contribution is 5.88. The zero-order valence-electron chi connectivity index (χ0n) is 34.5. The number of carbonyl (C=O) groups excluding carboxylic acids is 4. The minimum atomic E-state index is -0.892. The number of amides is 4. The highest BCUT2D eigenvalue weighted by Gasteiger charge is 2.51. The van der Waals surface area contributed by atoms with Gasteiger partial charge in [0.25, 0.3) is 0 Å². The maximum absolute atomic E-state index is 14.0. The lowest BCUT2D eigenvalue weighted by molar-refractivity contribution is -0.139. The summed E-state index contributed by atoms with van der Waals surface area (Å²) >= 11 is 0. The molecule has 2 saturated heterocycles. The summed E-state index contributed by atoms with van der Waals surface area (Å²) < 4.78 is 15.0. The number of imidazole rings is 2. The van der Waals surface area contributed by atoms with Crippen molar-refractivity contribution in [1.29, 1.82) is 0 Å². The number of piperidine rings is 1. The molecule has 2 aliphatic heterocycles. The zero-order chi connectivity index (χ0) is 41.5. The quantitative estimate of drug-likeness (QED) is 0.128. The van der Waals surface area contributed by atoms with E-state index in [2.05, 4.69) is 57.0 Å². The molecule has 15 heteroatoms. The minimum Gasteiger partial charge on any atom is -0.453 e. The third-order valence-corrected chi connectivity index (χ3v) is 12.9. The van der Waals surface area contributed by atoms with Crippen LogP contribution in [0.2, 0.25) is 0 Å². The summed E-state index contributed by atoms with van der Waals surface area (Å²) in [5, 5.41) is 5.41. The fourth-order valence-electron chi connectivity index (χ4n) is 9.73. The number of nitrogens with zero attached hydrogens (tertiary/aromatic N) is 4. The van der Waals surface area contributed by atoms with E-state index in [0.29, 0.717) is 18.3 Å². The van der Waals surface area contributed by atoms with Crippen molar-refractivity contribution < 1.29 is 33.4 Å². The Labute approximate surface area is 351 Å². The van der Waals surface area contributed by atoms with Crippen LogP contribution in [0.3, 0.4) is 0 Å². The molecule has 4 N–H and O–H groups in total. The second-order valence-corrected chi connectivity index (χ2v) is 16.6. The fraction of sp³-hybridized carbons (Fsp3) is 0.511. The highest BCUT2D eigenvalue weighted by atomic mass is 16.5. The summed E-state index contributed by atoms with van der Waals surface area (Å²) in [5.41, 5.74) is 8.79. The molecule has 1 saturated carbocycles. The van der Waals surface area contributed by atoms with Gasteiger partial charge in [-0.3, -0.25) is 9.59 Å². The molecule has 2 aromatic carbocycles. The lowest BCUT2D eigenvalue weighted by Gasteiger charge is -2.37. The molecule has 0 radical (unpaired) electrons. The summed E-state index contributed by atoms with van der Waals surface area (Å²) in [4.78, 5) is 72.3. The van der Waals surface area contributed by atoms with Gasteiger partial charge in [-0.05, 0) is 109 Å². The van der Waals surface area contributed by atoms with E-state index in [1.165, 1.54) is 43.6 Å². The number of carbonyl (C=O) groups is 4. The largest absolute Gasteiger partial charge is 0.453 e. The van der Waals surface area contributed by atoms with Crippen LogP contribution >= 0.6 is 0 Å². The first-order valence-corrected chi connectivity index (χ1v) is 20.7. The van der Waals surface area contributed by atoms with Gasteiger partial charge in [0, 0.05) is 19.7 Å². The van der Waals surface area contributed by atoms with E-state index in [9.17, 15) is 19.2 Å². The van der Waals surface area contributed by atoms with Crippen molar-refractivity contribution in [3.05, 3.63) is 71.6 Å². The van der Waals surface area contributed by atoms with E-state index in [1.54, 1.807) is 11.8 Å². The van der Waals surface area contributed by atoms with Crippen LogP contribution in [0.5, 0.6) is 0 Å². The monoisotopic (exact) mass is 822 g/mol. The van der Waals surface area contributed by atoms with Crippen LogP contribution in [0, 0.1) is 11.8 Å². The number of H-pyrrole nitrogens is 2. The Morgan fingerprint density at radius 3 is 1.93 bits per heavy atom. The van der Waals surface area contributed by atoms with Crippen LogP contribution in [-0.4, -0.2) is 106 Å². The van der Waals surface area contributed by atoms with Gasteiger partial charge in [-0.2, -0.15) is 0 Å². The van der Waals surface area contributed by atoms with Crippen LogP contribution in [0.25, 0.3) is 33.6 Å². The fourth-order valence-corrected chi connectivity index (χ4v) is 9.73. The van der Waals surface area contributed by atoms with E-state index in [4.69, 9.17) is 24.2 Å². The van der Waals surface area contributed by atoms with Gasteiger partial charge in [0.2, 0.25) is 11.8 Å². The topological polar surface area (TPSA) is 184 Å². The number of fused-ring (bicyclic) bond motifs is 5. The number of likely N-dealkylation sites (tertiary alicyclic amines) is 2. The predicted octanol–water partition coefficient (Wildman–Crippen LogP) is 6.72. The Hall–Kier alpha value is -5.70. The Morgan fingerprint density at radius 2 is 1.35 bits per heavy atom. The van der Waals surface area contributed by atoms with Crippen molar-refractivity contribution in [2.45, 2.75) is 109 Å². The Morgan fingerprint density at radius 1 is 0.767 bits per heavy atom. The number of ether oxygens (including phenoxy) is 3. The number of methoxy groups -OCH3 is 3. The van der Waals surface area contributed by atoms with Crippen LogP contribution in [0.4, 0.5) is 9.59 Å². The smallest absolute Gasteiger partial charge is 0.407 e. The van der Waals surface area contributed by atoms with E-state index >= 15 is 0 Å². The molecule has 0 spiro atoms. The average Bonchev–Trinajstić information content (AvgIpc) is 4.11. The molecule has 4 aromatic rings. The van der Waals surface area contributed by atoms with Crippen molar-refractivity contribution >= 4 is 24.0 Å². The maximum atomic E-state index is 14.0. The molecular weight excluding hydrogens is 765 g/mol. The van der Waals surface area contributed by atoms with Gasteiger partial charge in [0.1, 0.15) is 23.7 Å². The molecular formula is C45H58N8O7. The van der Waals surface area contributed by atoms with Crippen molar-refractivity contribution in [2.24, 2.45) is 11.8 Å². The molecule has 1 unspecified atom stereocenters. The third-order valence-electron chi connectivity index (χ3n) is 12.9. The molecule has 15 nitrogen and oxygen atoms in total. The van der Waals surface area contributed by atoms with E-state index in [-0.39, 0.29) is 43.3 Å². The van der Waals surface area contributed by atoms with Crippen LogP contribution < -0.4 is 10.6 Å². The molecule has 3 fully saturated rings. The molecule has 4 amide bonds. The molecule has 320 valence electrons. The molecule has 60 heavy (non-hydrogen) atoms. The number of rotatable bonds is 11. The standard InChI is InChI=1S/C44H54N8O7.CH4/c1-23(2)36(49-43(55)58-5)42(54)52-30-14-11-29(20-30)38(52)40-46-22-34(48-40)28-13-16-32-26(19-28)10-9-25-18-27(12-15-31(25)32)33-21-45-39(47-33)35-8-7-17-51(35)41(53)37(24(3)57-4)50-44(56)59-6;/h12-13,15-16,18-19,21-24,29-30,35-38H,7-11,14,17,20H2,1-6H3,(H,45,47)(H,46,48)(H,49,55)(H,50,56);1H4/t24?,29-,30+,35-,36-,37-,38-;/m0./s1. The Balaban J connectivity index is 0.00000544. The number of aryl methyl sites for hydroxylation is 2. The number of hydrogen-bond donors (Lipinski definition) is 4. The average molecular weight is 823 g/mol. The number of aromatic amines is 2. The van der Waals surface area contributed by atoms with Crippen LogP contribution in [0.15, 0.2) is 48.8 Å². The normalized spacial score (nSPS) is 21.7. The molecule has 2 bridgehead atoms. The highest BCUT2D eigenvalue weighted by Crippen LogP contribution is 2.50. The number of aromatic nitrogens is 4. The minimum absolute atomic E-state index is 0. The summed E-state index contributed by atoms with van der Waals surface area (Å²) in [6.07, 6.45) is 8.12. The van der Waals surface area contributed by atoms with Crippen molar-refractivity contribution in [2.75, 3.05) is 27.9 Å². The van der Waals surface area contributed by atoms with Crippen LogP contribution in [-0.2, 0) is 36.6 Å². The second kappa shape index (κ2) is 17.5. The third kappa shape index (κ3) is 7.86. The first-order chi connectivity index (χ1) is 28.5. The molecule has 7 atom stereocenters. The summed E-state index contributed by atoms with van der Waals surface area (Å²) in [6.45, 7) is 6.16. The van der Waals surface area contributed by atoms with Crippen molar-refractivity contribution in [1.82, 2.24) is 40.4 Å². The number of nitrogens with one attached hydrogen (secondary N) is 4. The first-order valence-electron chi connectivity index (χ1n) is 20.7. The summed E-state index contributed by atoms with van der Waals surface area (Å²) in [6, 6.07) is 11.2. The van der Waals surface area contributed by atoms with E-state index in [1.807, 2.05) is 31.1 Å². The van der Waals surface area contributed by atoms with E-state index < -0.39 is 30.4 Å². The van der Waals surface area contributed by atoms with Gasteiger partial charge in [0.05, 0.1) is 56.2 Å². The molecule has 8 rings (SSSR count). The molecule has 2 aliphatic carbocycles. The van der Waals surface area contributed by atoms with Gasteiger partial charge < -0.3 is 44.6 Å². The van der Waals surface area contributed by atoms with Crippen molar-refractivity contribution in [3.63, 3.8) is 0 Å².